The molecule has 0 spiro atoms. The zero-order chi connectivity index (χ0) is 34.4. The number of benzene rings is 3. The minimum Gasteiger partial charge on any atom is -0.493 e. The number of hydrogen-bond donors (Lipinski definition) is 6. The van der Waals surface area contributed by atoms with Crippen LogP contribution in [0.5, 0.6) is 5.75 Å². The maximum absolute atomic E-state index is 13.4. The normalized spacial score (nSPS) is 11.5. The highest BCUT2D eigenvalue weighted by molar-refractivity contribution is 9.10. The van der Waals surface area contributed by atoms with Crippen molar-refractivity contribution < 1.29 is 42.1 Å². The number of nitrogens with one attached hydrogen (secondary N) is 4. The molecule has 0 aliphatic carbocycles. The number of rotatable bonds is 12. The summed E-state index contributed by atoms with van der Waals surface area (Å²) in [5, 5.41) is 17.9. The van der Waals surface area contributed by atoms with Crippen LogP contribution in [0.25, 0.3) is 0 Å². The first-order valence-electron chi connectivity index (χ1n) is 13.5. The number of ether oxygens (including phenoxy) is 2. The van der Waals surface area contributed by atoms with Crippen LogP contribution >= 0.6 is 15.9 Å². The first-order valence-corrected chi connectivity index (χ1v) is 14.3. The maximum atomic E-state index is 13.4. The number of nitrogens with zero attached hydrogens (tertiary/aromatic N) is 1. The lowest BCUT2D eigenvalue weighted by atomic mass is 10.0. The van der Waals surface area contributed by atoms with Crippen molar-refractivity contribution >= 4 is 45.2 Å². The van der Waals surface area contributed by atoms with Gasteiger partial charge in [-0.15, -0.1) is 0 Å². The standard InChI is InChI=1S/C28H33BrN6O4.C2HF3O2/c1-4-39-24-15-19(8-9-21(24)16-38-17-35(2)3)25(32-23-12-10-18(11-13-23)26(30)31)28(37)34-33-27(36)20-6-5-7-22(29)14-20;3-2(4,5)1(6)7/h5-15,25,32H,4,16-17H2,1-3H3,(H3,30,31)(H,33,36)(H,34,37);(H,6,7). The Morgan fingerprint density at radius 3 is 2.22 bits per heavy atom. The Bertz CT molecular complexity index is 1510. The van der Waals surface area contributed by atoms with Gasteiger partial charge in [0.2, 0.25) is 0 Å². The summed E-state index contributed by atoms with van der Waals surface area (Å²) in [7, 11) is 3.83. The van der Waals surface area contributed by atoms with Crippen molar-refractivity contribution in [3.05, 3.63) is 93.5 Å². The molecule has 12 nitrogen and oxygen atoms in total. The van der Waals surface area contributed by atoms with Crippen LogP contribution < -0.4 is 26.6 Å². The summed E-state index contributed by atoms with van der Waals surface area (Å²) in [6, 6.07) is 18.2. The fourth-order valence-electron chi connectivity index (χ4n) is 3.60. The second kappa shape index (κ2) is 17.7. The Kier molecular flexibility index (Phi) is 14.5. The van der Waals surface area contributed by atoms with E-state index in [1.807, 2.05) is 38.1 Å². The van der Waals surface area contributed by atoms with E-state index in [2.05, 4.69) is 32.1 Å². The fourth-order valence-corrected chi connectivity index (χ4v) is 4.00. The quantitative estimate of drug-likeness (QED) is 0.0687. The number of nitrogen functional groups attached to an aromatic ring is 1. The van der Waals surface area contributed by atoms with Gasteiger partial charge in [0, 0.05) is 26.9 Å². The van der Waals surface area contributed by atoms with Crippen LogP contribution in [0.1, 0.15) is 40.0 Å². The molecule has 248 valence electrons. The summed E-state index contributed by atoms with van der Waals surface area (Å²) in [6.45, 7) is 3.11. The summed E-state index contributed by atoms with van der Waals surface area (Å²) in [5.41, 5.74) is 13.6. The molecular weight excluding hydrogens is 677 g/mol. The highest BCUT2D eigenvalue weighted by Gasteiger charge is 2.38. The zero-order valence-corrected chi connectivity index (χ0v) is 26.7. The molecule has 3 rings (SSSR count). The highest BCUT2D eigenvalue weighted by Crippen LogP contribution is 2.28. The minimum absolute atomic E-state index is 0.0560. The number of carboxylic acid groups (broad SMARTS) is 1. The summed E-state index contributed by atoms with van der Waals surface area (Å²) in [6.07, 6.45) is -5.08. The van der Waals surface area contributed by atoms with Crippen LogP contribution in [0, 0.1) is 5.41 Å². The number of carbonyl (C=O) groups is 3. The number of carboxylic acids is 1. The predicted octanol–water partition coefficient (Wildman–Crippen LogP) is 4.42. The second-order valence-electron chi connectivity index (χ2n) is 9.68. The van der Waals surface area contributed by atoms with Crippen molar-refractivity contribution in [2.45, 2.75) is 25.7 Å². The molecule has 2 amide bonds. The van der Waals surface area contributed by atoms with Crippen LogP contribution in [0.3, 0.4) is 0 Å². The van der Waals surface area contributed by atoms with E-state index in [0.29, 0.717) is 48.1 Å². The van der Waals surface area contributed by atoms with E-state index in [1.54, 1.807) is 54.6 Å². The molecule has 0 heterocycles. The topological polar surface area (TPSA) is 179 Å². The zero-order valence-electron chi connectivity index (χ0n) is 25.1. The van der Waals surface area contributed by atoms with Crippen molar-refractivity contribution in [1.82, 2.24) is 15.8 Å². The number of alkyl halides is 3. The molecule has 0 aromatic heterocycles. The molecule has 46 heavy (non-hydrogen) atoms. The van der Waals surface area contributed by atoms with Crippen molar-refractivity contribution in [2.24, 2.45) is 5.73 Å². The number of aliphatic carboxylic acids is 1. The molecule has 1 atom stereocenters. The lowest BCUT2D eigenvalue weighted by Gasteiger charge is -2.22. The molecule has 0 radical (unpaired) electrons. The van der Waals surface area contributed by atoms with Crippen LogP contribution in [-0.4, -0.2) is 67.2 Å². The van der Waals surface area contributed by atoms with E-state index in [9.17, 15) is 22.8 Å². The van der Waals surface area contributed by atoms with E-state index in [1.165, 1.54) is 0 Å². The molecule has 3 aromatic rings. The molecule has 1 unspecified atom stereocenters. The molecule has 0 saturated carbocycles. The number of anilines is 1. The van der Waals surface area contributed by atoms with Gasteiger partial charge in [0.25, 0.3) is 11.8 Å². The summed E-state index contributed by atoms with van der Waals surface area (Å²) in [5.74, 6) is -3.17. The summed E-state index contributed by atoms with van der Waals surface area (Å²) in [4.78, 5) is 36.8. The first-order chi connectivity index (χ1) is 21.6. The highest BCUT2D eigenvalue weighted by atomic mass is 79.9. The summed E-state index contributed by atoms with van der Waals surface area (Å²) >= 11 is 3.34. The number of amides is 2. The maximum Gasteiger partial charge on any atom is 0.490 e. The van der Waals surface area contributed by atoms with Crippen molar-refractivity contribution in [2.75, 3.05) is 32.7 Å². The molecule has 0 fully saturated rings. The Labute approximate surface area is 271 Å². The molecular formula is C30H34BrF3N6O6. The smallest absolute Gasteiger partial charge is 0.490 e. The number of carbonyl (C=O) groups excluding carboxylic acids is 2. The second-order valence-corrected chi connectivity index (χ2v) is 10.6. The molecule has 3 aromatic carbocycles. The van der Waals surface area contributed by atoms with Gasteiger partial charge < -0.3 is 25.6 Å². The number of halogens is 4. The number of amidine groups is 1. The average Bonchev–Trinajstić information content (AvgIpc) is 2.99. The SMILES string of the molecule is CCOc1cc(C(Nc2ccc(C(=N)N)cc2)C(=O)NNC(=O)c2cccc(Br)c2)ccc1COCN(C)C.O=C(O)C(F)(F)F. The van der Waals surface area contributed by atoms with Crippen molar-refractivity contribution in [3.63, 3.8) is 0 Å². The first kappa shape index (κ1) is 37.5. The van der Waals surface area contributed by atoms with Gasteiger partial charge in [0.15, 0.2) is 0 Å². The van der Waals surface area contributed by atoms with Crippen LogP contribution in [-0.2, 0) is 20.9 Å². The van der Waals surface area contributed by atoms with Crippen LogP contribution in [0.2, 0.25) is 0 Å². The third-order valence-corrected chi connectivity index (χ3v) is 6.22. The van der Waals surface area contributed by atoms with Gasteiger partial charge in [0.1, 0.15) is 17.6 Å². The van der Waals surface area contributed by atoms with E-state index in [0.717, 1.165) is 10.0 Å². The number of hydrazine groups is 1. The van der Waals surface area contributed by atoms with Gasteiger partial charge in [-0.25, -0.2) is 4.79 Å². The van der Waals surface area contributed by atoms with E-state index < -0.39 is 30.0 Å². The van der Waals surface area contributed by atoms with E-state index in [-0.39, 0.29) is 5.84 Å². The average molecular weight is 712 g/mol. The Balaban J connectivity index is 0.000000942. The Hall–Kier alpha value is -4.67. The Morgan fingerprint density at radius 2 is 1.67 bits per heavy atom. The van der Waals surface area contributed by atoms with Crippen molar-refractivity contribution in [3.8, 4) is 5.75 Å². The number of nitrogens with two attached hydrogens (primary N) is 1. The lowest BCUT2D eigenvalue weighted by molar-refractivity contribution is -0.192. The van der Waals surface area contributed by atoms with Gasteiger partial charge in [-0.3, -0.25) is 30.7 Å². The van der Waals surface area contributed by atoms with Gasteiger partial charge >= 0.3 is 12.1 Å². The van der Waals surface area contributed by atoms with E-state index >= 15 is 0 Å². The molecule has 0 saturated heterocycles. The third-order valence-electron chi connectivity index (χ3n) is 5.73. The van der Waals surface area contributed by atoms with Crippen LogP contribution in [0.15, 0.2) is 71.2 Å². The molecule has 0 aliphatic heterocycles. The minimum atomic E-state index is -5.08. The summed E-state index contributed by atoms with van der Waals surface area (Å²) < 4.78 is 44.1. The predicted molar refractivity (Wildman–Crippen MR) is 168 cm³/mol. The lowest BCUT2D eigenvalue weighted by Crippen LogP contribution is -2.45. The fraction of sp³-hybridized carbons (Fsp3) is 0.267. The molecule has 7 N–H and O–H groups in total. The molecule has 0 bridgehead atoms. The van der Waals surface area contributed by atoms with Gasteiger partial charge in [-0.1, -0.05) is 34.1 Å². The third kappa shape index (κ3) is 12.4. The largest absolute Gasteiger partial charge is 0.493 e. The van der Waals surface area contributed by atoms with Gasteiger partial charge in [-0.05, 0) is 75.1 Å². The van der Waals surface area contributed by atoms with Crippen LogP contribution in [0.4, 0.5) is 18.9 Å². The van der Waals surface area contributed by atoms with Gasteiger partial charge in [0.05, 0.1) is 19.9 Å². The van der Waals surface area contributed by atoms with Crippen molar-refractivity contribution in [1.29, 1.82) is 5.41 Å². The van der Waals surface area contributed by atoms with E-state index in [4.69, 9.17) is 30.5 Å². The van der Waals surface area contributed by atoms with Gasteiger partial charge in [-0.2, -0.15) is 13.2 Å². The number of hydrogen-bond acceptors (Lipinski definition) is 8. The molecule has 0 aliphatic rings. The monoisotopic (exact) mass is 710 g/mol. The molecule has 16 heteroatoms. The Morgan fingerprint density at radius 1 is 1.02 bits per heavy atom.